The fourth-order valence-electron chi connectivity index (χ4n) is 3.14. The Kier molecular flexibility index (Phi) is 3.37. The molecule has 2 aliphatic rings. The number of nitrogens with zero attached hydrogens (tertiary/aromatic N) is 2. The second-order valence-corrected chi connectivity index (χ2v) is 6.06. The number of rotatable bonds is 4. The highest BCUT2D eigenvalue weighted by molar-refractivity contribution is 5.08. The first-order valence-electron chi connectivity index (χ1n) is 7.38. The van der Waals surface area contributed by atoms with Crippen molar-refractivity contribution in [2.24, 2.45) is 11.7 Å². The Bertz CT molecular complexity index is 391. The smallest absolute Gasteiger partial charge is 0.226 e. The first kappa shape index (κ1) is 12.2. The average Bonchev–Trinajstić information content (AvgIpc) is 2.84. The summed E-state index contributed by atoms with van der Waals surface area (Å²) in [5.41, 5.74) is 5.91. The van der Waals surface area contributed by atoms with Gasteiger partial charge in [-0.3, -0.25) is 0 Å². The van der Waals surface area contributed by atoms with Gasteiger partial charge in [0.15, 0.2) is 5.82 Å². The van der Waals surface area contributed by atoms with Crippen LogP contribution in [0, 0.1) is 5.92 Å². The van der Waals surface area contributed by atoms with E-state index in [9.17, 15) is 0 Å². The van der Waals surface area contributed by atoms with E-state index >= 15 is 0 Å². The third-order valence-electron chi connectivity index (χ3n) is 4.65. The molecule has 4 heteroatoms. The maximum atomic E-state index is 6.19. The van der Waals surface area contributed by atoms with Crippen LogP contribution < -0.4 is 5.73 Å². The second kappa shape index (κ2) is 5.00. The number of aromatic nitrogens is 2. The molecular weight excluding hydrogens is 226 g/mol. The molecule has 0 saturated heterocycles. The summed E-state index contributed by atoms with van der Waals surface area (Å²) >= 11 is 0. The Morgan fingerprint density at radius 1 is 1.17 bits per heavy atom. The van der Waals surface area contributed by atoms with Crippen LogP contribution in [0.3, 0.4) is 0 Å². The molecule has 0 spiro atoms. The standard InChI is InChI=1S/C14H23N3O/c15-14(9-4-10-14)13-16-12(18-17-13)8-7-11-5-2-1-3-6-11/h11H,1-10,15H2. The van der Waals surface area contributed by atoms with Gasteiger partial charge < -0.3 is 10.3 Å². The lowest BCUT2D eigenvalue weighted by Crippen LogP contribution is -2.44. The predicted molar refractivity (Wildman–Crippen MR) is 68.9 cm³/mol. The Labute approximate surface area is 108 Å². The summed E-state index contributed by atoms with van der Waals surface area (Å²) < 4.78 is 5.34. The van der Waals surface area contributed by atoms with Crippen LogP contribution in [0.2, 0.25) is 0 Å². The number of aryl methyl sites for hydroxylation is 1. The Balaban J connectivity index is 1.53. The van der Waals surface area contributed by atoms with E-state index in [0.29, 0.717) is 0 Å². The van der Waals surface area contributed by atoms with E-state index in [1.165, 1.54) is 44.9 Å². The average molecular weight is 249 g/mol. The molecule has 100 valence electrons. The molecule has 1 aromatic rings. The van der Waals surface area contributed by atoms with E-state index in [1.807, 2.05) is 0 Å². The molecular formula is C14H23N3O. The number of hydrogen-bond donors (Lipinski definition) is 1. The summed E-state index contributed by atoms with van der Waals surface area (Å²) in [5, 5.41) is 4.06. The highest BCUT2D eigenvalue weighted by atomic mass is 16.5. The fraction of sp³-hybridized carbons (Fsp3) is 0.857. The zero-order chi connectivity index (χ0) is 12.4. The lowest BCUT2D eigenvalue weighted by molar-refractivity contribution is 0.228. The zero-order valence-electron chi connectivity index (χ0n) is 11.0. The molecule has 4 nitrogen and oxygen atoms in total. The molecule has 18 heavy (non-hydrogen) atoms. The Morgan fingerprint density at radius 2 is 1.94 bits per heavy atom. The van der Waals surface area contributed by atoms with Gasteiger partial charge in [0.2, 0.25) is 5.89 Å². The highest BCUT2D eigenvalue weighted by Crippen LogP contribution is 2.37. The molecule has 2 N–H and O–H groups in total. The van der Waals surface area contributed by atoms with Gasteiger partial charge in [-0.15, -0.1) is 0 Å². The van der Waals surface area contributed by atoms with Crippen molar-refractivity contribution in [1.82, 2.24) is 10.1 Å². The Hall–Kier alpha value is -0.900. The van der Waals surface area contributed by atoms with Crippen LogP contribution in [0.25, 0.3) is 0 Å². The third kappa shape index (κ3) is 2.44. The quantitative estimate of drug-likeness (QED) is 0.891. The van der Waals surface area contributed by atoms with Gasteiger partial charge in [-0.25, -0.2) is 0 Å². The van der Waals surface area contributed by atoms with Crippen LogP contribution in [-0.2, 0) is 12.0 Å². The van der Waals surface area contributed by atoms with Gasteiger partial charge in [0.1, 0.15) is 0 Å². The van der Waals surface area contributed by atoms with Crippen molar-refractivity contribution in [3.63, 3.8) is 0 Å². The molecule has 0 bridgehead atoms. The minimum Gasteiger partial charge on any atom is -0.339 e. The van der Waals surface area contributed by atoms with Crippen molar-refractivity contribution in [3.8, 4) is 0 Å². The van der Waals surface area contributed by atoms with Gasteiger partial charge >= 0.3 is 0 Å². The van der Waals surface area contributed by atoms with Crippen molar-refractivity contribution < 1.29 is 4.52 Å². The molecule has 1 aromatic heterocycles. The molecule has 0 atom stereocenters. The highest BCUT2D eigenvalue weighted by Gasteiger charge is 2.38. The van der Waals surface area contributed by atoms with E-state index in [2.05, 4.69) is 10.1 Å². The van der Waals surface area contributed by atoms with Gasteiger partial charge in [0.25, 0.3) is 0 Å². The van der Waals surface area contributed by atoms with Crippen molar-refractivity contribution in [2.45, 2.75) is 69.7 Å². The van der Waals surface area contributed by atoms with E-state index in [4.69, 9.17) is 10.3 Å². The number of nitrogens with two attached hydrogens (primary N) is 1. The van der Waals surface area contributed by atoms with Gasteiger partial charge in [-0.1, -0.05) is 37.3 Å². The first-order valence-corrected chi connectivity index (χ1v) is 7.38. The van der Waals surface area contributed by atoms with Gasteiger partial charge in [0, 0.05) is 6.42 Å². The molecule has 3 rings (SSSR count). The maximum Gasteiger partial charge on any atom is 0.226 e. The van der Waals surface area contributed by atoms with E-state index in [0.717, 1.165) is 36.9 Å². The monoisotopic (exact) mass is 249 g/mol. The lowest BCUT2D eigenvalue weighted by atomic mass is 9.77. The predicted octanol–water partition coefficient (Wildman–Crippen LogP) is 2.92. The van der Waals surface area contributed by atoms with Crippen molar-refractivity contribution in [3.05, 3.63) is 11.7 Å². The molecule has 1 heterocycles. The van der Waals surface area contributed by atoms with E-state index < -0.39 is 0 Å². The lowest BCUT2D eigenvalue weighted by Gasteiger charge is -2.34. The van der Waals surface area contributed by atoms with Crippen LogP contribution in [-0.4, -0.2) is 10.1 Å². The molecule has 0 amide bonds. The van der Waals surface area contributed by atoms with Gasteiger partial charge in [-0.2, -0.15) is 4.98 Å². The molecule has 2 aliphatic carbocycles. The molecule has 0 aliphatic heterocycles. The van der Waals surface area contributed by atoms with Crippen LogP contribution in [0.1, 0.15) is 69.5 Å². The van der Waals surface area contributed by atoms with Crippen LogP contribution >= 0.6 is 0 Å². The zero-order valence-corrected chi connectivity index (χ0v) is 11.0. The Morgan fingerprint density at radius 3 is 2.61 bits per heavy atom. The summed E-state index contributed by atoms with van der Waals surface area (Å²) in [6.45, 7) is 0. The summed E-state index contributed by atoms with van der Waals surface area (Å²) in [6.07, 6.45) is 12.2. The molecule has 0 radical (unpaired) electrons. The largest absolute Gasteiger partial charge is 0.339 e. The summed E-state index contributed by atoms with van der Waals surface area (Å²) in [6, 6.07) is 0. The SMILES string of the molecule is NC1(c2noc(CCC3CCCCC3)n2)CCC1. The van der Waals surface area contributed by atoms with Crippen LogP contribution in [0.15, 0.2) is 4.52 Å². The van der Waals surface area contributed by atoms with Crippen molar-refractivity contribution >= 4 is 0 Å². The minimum absolute atomic E-state index is 0.285. The minimum atomic E-state index is -0.285. The second-order valence-electron chi connectivity index (χ2n) is 6.06. The summed E-state index contributed by atoms with van der Waals surface area (Å²) in [4.78, 5) is 4.49. The third-order valence-corrected chi connectivity index (χ3v) is 4.65. The topological polar surface area (TPSA) is 64.9 Å². The van der Waals surface area contributed by atoms with E-state index in [-0.39, 0.29) is 5.54 Å². The van der Waals surface area contributed by atoms with Crippen molar-refractivity contribution in [1.29, 1.82) is 0 Å². The van der Waals surface area contributed by atoms with Crippen molar-refractivity contribution in [2.75, 3.05) is 0 Å². The first-order chi connectivity index (χ1) is 8.76. The van der Waals surface area contributed by atoms with Gasteiger partial charge in [-0.05, 0) is 31.6 Å². The number of hydrogen-bond acceptors (Lipinski definition) is 4. The summed E-state index contributed by atoms with van der Waals surface area (Å²) in [5.74, 6) is 2.38. The fourth-order valence-corrected chi connectivity index (χ4v) is 3.14. The normalized spacial score (nSPS) is 23.8. The molecule has 0 aromatic carbocycles. The molecule has 2 saturated carbocycles. The van der Waals surface area contributed by atoms with E-state index in [1.54, 1.807) is 0 Å². The maximum absolute atomic E-state index is 6.19. The van der Waals surface area contributed by atoms with Crippen LogP contribution in [0.5, 0.6) is 0 Å². The molecule has 0 unspecified atom stereocenters. The summed E-state index contributed by atoms with van der Waals surface area (Å²) in [7, 11) is 0. The molecule has 2 fully saturated rings. The van der Waals surface area contributed by atoms with Crippen LogP contribution in [0.4, 0.5) is 0 Å². The van der Waals surface area contributed by atoms with Gasteiger partial charge in [0.05, 0.1) is 5.54 Å².